The number of pyridine rings is 1. The SMILES string of the molecule is Cc1ccc(NC(=O)Cn2c(SC(F)F)nc3ccccc32)nc1. The highest BCUT2D eigenvalue weighted by molar-refractivity contribution is 7.99. The van der Waals surface area contributed by atoms with E-state index >= 15 is 0 Å². The molecule has 2 aromatic heterocycles. The maximum absolute atomic E-state index is 12.8. The third kappa shape index (κ3) is 3.70. The number of hydrogen-bond donors (Lipinski definition) is 1. The molecule has 0 aliphatic rings. The van der Waals surface area contributed by atoms with Crippen LogP contribution in [0.25, 0.3) is 11.0 Å². The van der Waals surface area contributed by atoms with Crippen molar-refractivity contribution in [3.63, 3.8) is 0 Å². The van der Waals surface area contributed by atoms with Crippen molar-refractivity contribution in [2.45, 2.75) is 24.4 Å². The van der Waals surface area contributed by atoms with Crippen LogP contribution in [0.1, 0.15) is 5.56 Å². The summed E-state index contributed by atoms with van der Waals surface area (Å²) in [7, 11) is 0. The summed E-state index contributed by atoms with van der Waals surface area (Å²) in [5.41, 5.74) is 2.18. The number of imidazole rings is 1. The molecule has 8 heteroatoms. The first-order chi connectivity index (χ1) is 11.5. The molecule has 0 bridgehead atoms. The highest BCUT2D eigenvalue weighted by atomic mass is 32.2. The number of aryl methyl sites for hydroxylation is 1. The Bertz CT molecular complexity index is 864. The first-order valence-corrected chi connectivity index (χ1v) is 8.03. The highest BCUT2D eigenvalue weighted by Crippen LogP contribution is 2.28. The van der Waals surface area contributed by atoms with E-state index in [4.69, 9.17) is 0 Å². The lowest BCUT2D eigenvalue weighted by atomic mass is 10.3. The van der Waals surface area contributed by atoms with Gasteiger partial charge in [-0.3, -0.25) is 4.79 Å². The number of benzene rings is 1. The fraction of sp³-hybridized carbons (Fsp3) is 0.188. The minimum Gasteiger partial charge on any atom is -0.309 e. The van der Waals surface area contributed by atoms with E-state index in [2.05, 4.69) is 15.3 Å². The second-order valence-electron chi connectivity index (χ2n) is 5.12. The molecule has 1 amide bonds. The number of carbonyl (C=O) groups excluding carboxylic acids is 1. The zero-order valence-corrected chi connectivity index (χ0v) is 13.6. The molecule has 3 rings (SSSR count). The molecule has 0 aliphatic carbocycles. The molecule has 0 saturated heterocycles. The molecule has 2 heterocycles. The molecule has 3 aromatic rings. The van der Waals surface area contributed by atoms with Gasteiger partial charge in [0.1, 0.15) is 12.4 Å². The topological polar surface area (TPSA) is 59.8 Å². The quantitative estimate of drug-likeness (QED) is 0.715. The molecule has 0 unspecified atom stereocenters. The van der Waals surface area contributed by atoms with Gasteiger partial charge in [-0.2, -0.15) is 8.78 Å². The fourth-order valence-corrected chi connectivity index (χ4v) is 2.84. The molecule has 1 aromatic carbocycles. The Balaban J connectivity index is 1.85. The predicted octanol–water partition coefficient (Wildman–Crippen LogP) is 3.69. The minimum absolute atomic E-state index is 0.109. The third-order valence-electron chi connectivity index (χ3n) is 3.29. The summed E-state index contributed by atoms with van der Waals surface area (Å²) >= 11 is 0.324. The Morgan fingerprint density at radius 3 is 2.79 bits per heavy atom. The Morgan fingerprint density at radius 2 is 2.08 bits per heavy atom. The minimum atomic E-state index is -2.61. The van der Waals surface area contributed by atoms with Gasteiger partial charge in [0.15, 0.2) is 5.16 Å². The van der Waals surface area contributed by atoms with Crippen LogP contribution in [0.5, 0.6) is 0 Å². The van der Waals surface area contributed by atoms with Gasteiger partial charge in [0.2, 0.25) is 5.91 Å². The number of anilines is 1. The van der Waals surface area contributed by atoms with Gasteiger partial charge in [0.05, 0.1) is 11.0 Å². The van der Waals surface area contributed by atoms with E-state index in [1.54, 1.807) is 36.5 Å². The lowest BCUT2D eigenvalue weighted by Gasteiger charge is -2.09. The Morgan fingerprint density at radius 1 is 1.29 bits per heavy atom. The van der Waals surface area contributed by atoms with Gasteiger partial charge in [-0.1, -0.05) is 18.2 Å². The Hall–Kier alpha value is -2.48. The van der Waals surface area contributed by atoms with E-state index < -0.39 is 5.76 Å². The monoisotopic (exact) mass is 348 g/mol. The van der Waals surface area contributed by atoms with Gasteiger partial charge in [-0.05, 0) is 42.4 Å². The molecule has 1 N–H and O–H groups in total. The summed E-state index contributed by atoms with van der Waals surface area (Å²) in [6, 6.07) is 10.5. The van der Waals surface area contributed by atoms with Crippen molar-refractivity contribution in [1.82, 2.24) is 14.5 Å². The lowest BCUT2D eigenvalue weighted by Crippen LogP contribution is -2.20. The van der Waals surface area contributed by atoms with Gasteiger partial charge in [-0.25, -0.2) is 9.97 Å². The summed E-state index contributed by atoms with van der Waals surface area (Å²) in [6.45, 7) is 1.77. The number of amides is 1. The predicted molar refractivity (Wildman–Crippen MR) is 89.2 cm³/mol. The van der Waals surface area contributed by atoms with Crippen LogP contribution in [0.3, 0.4) is 0 Å². The molecule has 0 fully saturated rings. The molecule has 0 aliphatic heterocycles. The van der Waals surface area contributed by atoms with Gasteiger partial charge >= 0.3 is 0 Å². The number of nitrogens with zero attached hydrogens (tertiary/aromatic N) is 3. The second kappa shape index (κ2) is 6.96. The maximum Gasteiger partial charge on any atom is 0.291 e. The van der Waals surface area contributed by atoms with Crippen molar-refractivity contribution in [2.75, 3.05) is 5.32 Å². The number of halogens is 2. The van der Waals surface area contributed by atoms with Crippen LogP contribution in [0.15, 0.2) is 47.8 Å². The molecule has 0 saturated carbocycles. The van der Waals surface area contributed by atoms with Crippen LogP contribution in [0, 0.1) is 6.92 Å². The number of thioether (sulfide) groups is 1. The smallest absolute Gasteiger partial charge is 0.291 e. The van der Waals surface area contributed by atoms with Crippen molar-refractivity contribution < 1.29 is 13.6 Å². The first-order valence-electron chi connectivity index (χ1n) is 7.15. The summed E-state index contributed by atoms with van der Waals surface area (Å²) < 4.78 is 27.0. The van der Waals surface area contributed by atoms with E-state index in [9.17, 15) is 13.6 Å². The van der Waals surface area contributed by atoms with E-state index in [0.717, 1.165) is 5.56 Å². The average molecular weight is 348 g/mol. The Labute approximate surface area is 141 Å². The van der Waals surface area contributed by atoms with Crippen molar-refractivity contribution in [3.8, 4) is 0 Å². The van der Waals surface area contributed by atoms with Gasteiger partial charge in [-0.15, -0.1) is 0 Å². The van der Waals surface area contributed by atoms with E-state index in [0.29, 0.717) is 28.6 Å². The van der Waals surface area contributed by atoms with Crippen LogP contribution in [0.2, 0.25) is 0 Å². The van der Waals surface area contributed by atoms with Crippen molar-refractivity contribution in [1.29, 1.82) is 0 Å². The average Bonchev–Trinajstić information content (AvgIpc) is 2.86. The molecule has 0 atom stereocenters. The Kier molecular flexibility index (Phi) is 4.75. The molecule has 0 radical (unpaired) electrons. The number of alkyl halides is 2. The molecule has 5 nitrogen and oxygen atoms in total. The largest absolute Gasteiger partial charge is 0.309 e. The standard InChI is InChI=1S/C16H14F2N4OS/c1-10-6-7-13(19-8-10)21-14(23)9-22-12-5-3-2-4-11(12)20-16(22)24-15(17)18/h2-8,15H,9H2,1H3,(H,19,21,23). The first kappa shape index (κ1) is 16.4. The van der Waals surface area contributed by atoms with E-state index in [1.807, 2.05) is 13.0 Å². The summed E-state index contributed by atoms with van der Waals surface area (Å²) in [5.74, 6) is -2.55. The third-order valence-corrected chi connectivity index (χ3v) is 4.00. The van der Waals surface area contributed by atoms with Gasteiger partial charge in [0, 0.05) is 6.20 Å². The maximum atomic E-state index is 12.8. The molecule has 124 valence electrons. The van der Waals surface area contributed by atoms with Crippen LogP contribution in [-0.2, 0) is 11.3 Å². The normalized spacial score (nSPS) is 11.2. The van der Waals surface area contributed by atoms with Crippen molar-refractivity contribution >= 4 is 34.5 Å². The van der Waals surface area contributed by atoms with Crippen molar-refractivity contribution in [2.24, 2.45) is 0 Å². The second-order valence-corrected chi connectivity index (χ2v) is 6.07. The van der Waals surface area contributed by atoms with Gasteiger partial charge < -0.3 is 9.88 Å². The van der Waals surface area contributed by atoms with Crippen LogP contribution in [0.4, 0.5) is 14.6 Å². The molecule has 0 spiro atoms. The summed E-state index contributed by atoms with van der Waals surface area (Å²) in [4.78, 5) is 20.5. The van der Waals surface area contributed by atoms with Gasteiger partial charge in [0.25, 0.3) is 5.76 Å². The molecular formula is C16H14F2N4OS. The molecule has 24 heavy (non-hydrogen) atoms. The number of rotatable bonds is 5. The molecular weight excluding hydrogens is 334 g/mol. The highest BCUT2D eigenvalue weighted by Gasteiger charge is 2.17. The van der Waals surface area contributed by atoms with E-state index in [-0.39, 0.29) is 17.6 Å². The summed E-state index contributed by atoms with van der Waals surface area (Å²) in [5, 5.41) is 2.77. The fourth-order valence-electron chi connectivity index (χ4n) is 2.24. The number of hydrogen-bond acceptors (Lipinski definition) is 4. The van der Waals surface area contributed by atoms with Crippen molar-refractivity contribution in [3.05, 3.63) is 48.2 Å². The number of carbonyl (C=O) groups is 1. The number of aromatic nitrogens is 3. The summed E-state index contributed by atoms with van der Waals surface area (Å²) in [6.07, 6.45) is 1.64. The zero-order valence-electron chi connectivity index (χ0n) is 12.7. The number of fused-ring (bicyclic) bond motifs is 1. The lowest BCUT2D eigenvalue weighted by molar-refractivity contribution is -0.116. The van der Waals surface area contributed by atoms with Crippen LogP contribution >= 0.6 is 11.8 Å². The van der Waals surface area contributed by atoms with Crippen LogP contribution in [-0.4, -0.2) is 26.2 Å². The number of para-hydroxylation sites is 2. The zero-order chi connectivity index (χ0) is 17.1. The van der Waals surface area contributed by atoms with E-state index in [1.165, 1.54) is 4.57 Å². The number of nitrogens with one attached hydrogen (secondary N) is 1. The van der Waals surface area contributed by atoms with Crippen LogP contribution < -0.4 is 5.32 Å².